The second-order valence-corrected chi connectivity index (χ2v) is 7.07. The lowest BCUT2D eigenvalue weighted by molar-refractivity contribution is -0.136. The summed E-state index contributed by atoms with van der Waals surface area (Å²) < 4.78 is 0.852. The minimum absolute atomic E-state index is 0.0650. The average molecular weight is 414 g/mol. The molecule has 0 radical (unpaired) electrons. The zero-order valence-electron chi connectivity index (χ0n) is 14.4. The molecule has 0 bridgehead atoms. The molecule has 3 aromatic rings. The summed E-state index contributed by atoms with van der Waals surface area (Å²) in [4.78, 5) is 15.3. The molecule has 1 atom stereocenters. The largest absolute Gasteiger partial charge is 0.481 e. The molecule has 0 aliphatic carbocycles. The van der Waals surface area contributed by atoms with E-state index in [1.165, 1.54) is 0 Å². The first-order valence-corrected chi connectivity index (χ1v) is 9.15. The predicted octanol–water partition coefficient (Wildman–Crippen LogP) is 4.77. The lowest BCUT2D eigenvalue weighted by Crippen LogP contribution is -2.09. The van der Waals surface area contributed by atoms with Crippen molar-refractivity contribution in [1.82, 2.24) is 4.98 Å². The maximum absolute atomic E-state index is 10.9. The quantitative estimate of drug-likeness (QED) is 0.541. The molecule has 4 N–H and O–H groups in total. The number of aliphatic carboxylic acids is 1. The molecule has 1 heterocycles. The van der Waals surface area contributed by atoms with Crippen LogP contribution in [0.15, 0.2) is 53.1 Å². The first kappa shape index (κ1) is 18.2. The number of nitrogens with zero attached hydrogens (tertiary/aromatic N) is 1. The molecular formula is C20H20BrN3O2. The van der Waals surface area contributed by atoms with Gasteiger partial charge in [0.1, 0.15) is 0 Å². The average Bonchev–Trinajstić information content (AvgIpc) is 2.63. The van der Waals surface area contributed by atoms with E-state index in [2.05, 4.69) is 45.3 Å². The van der Waals surface area contributed by atoms with Crippen LogP contribution in [-0.4, -0.2) is 16.1 Å². The molecule has 0 amide bonds. The molecular weight excluding hydrogens is 394 g/mol. The summed E-state index contributed by atoms with van der Waals surface area (Å²) in [7, 11) is 0. The van der Waals surface area contributed by atoms with Gasteiger partial charge in [-0.05, 0) is 36.6 Å². The number of nitrogens with two attached hydrogens (primary N) is 1. The molecule has 1 unspecified atom stereocenters. The summed E-state index contributed by atoms with van der Waals surface area (Å²) in [5.74, 6) is -0.821. The molecule has 2 aromatic carbocycles. The first-order valence-electron chi connectivity index (χ1n) is 8.35. The van der Waals surface area contributed by atoms with Gasteiger partial charge < -0.3 is 16.2 Å². The van der Waals surface area contributed by atoms with E-state index in [0.717, 1.165) is 32.2 Å². The number of hydrogen-bond donors (Lipinski definition) is 3. The van der Waals surface area contributed by atoms with Crippen molar-refractivity contribution in [3.05, 3.63) is 64.3 Å². The Balaban J connectivity index is 2.01. The summed E-state index contributed by atoms with van der Waals surface area (Å²) >= 11 is 3.51. The van der Waals surface area contributed by atoms with Gasteiger partial charge in [0.2, 0.25) is 0 Å². The van der Waals surface area contributed by atoms with Gasteiger partial charge in [-0.3, -0.25) is 9.78 Å². The first-order chi connectivity index (χ1) is 12.5. The van der Waals surface area contributed by atoms with Crippen LogP contribution in [0.2, 0.25) is 0 Å². The Labute approximate surface area is 160 Å². The molecule has 0 saturated heterocycles. The minimum atomic E-state index is -0.821. The number of carboxylic acids is 1. The highest BCUT2D eigenvalue weighted by atomic mass is 79.9. The fourth-order valence-electron chi connectivity index (χ4n) is 2.91. The highest BCUT2D eigenvalue weighted by Crippen LogP contribution is 2.34. The van der Waals surface area contributed by atoms with Crippen molar-refractivity contribution in [3.8, 4) is 0 Å². The van der Waals surface area contributed by atoms with Crippen LogP contribution >= 0.6 is 15.9 Å². The Morgan fingerprint density at radius 3 is 2.73 bits per heavy atom. The molecule has 134 valence electrons. The highest BCUT2D eigenvalue weighted by Gasteiger charge is 2.14. The lowest BCUT2D eigenvalue weighted by atomic mass is 10.0. The second kappa shape index (κ2) is 7.74. The Morgan fingerprint density at radius 2 is 2.04 bits per heavy atom. The monoisotopic (exact) mass is 413 g/mol. The number of aromatic nitrogens is 1. The van der Waals surface area contributed by atoms with E-state index >= 15 is 0 Å². The molecule has 3 rings (SSSR count). The molecule has 0 spiro atoms. The molecule has 0 aliphatic rings. The van der Waals surface area contributed by atoms with E-state index in [1.807, 2.05) is 30.3 Å². The van der Waals surface area contributed by atoms with E-state index < -0.39 is 5.97 Å². The van der Waals surface area contributed by atoms with E-state index in [-0.39, 0.29) is 12.5 Å². The van der Waals surface area contributed by atoms with Gasteiger partial charge in [0.25, 0.3) is 0 Å². The van der Waals surface area contributed by atoms with Crippen LogP contribution in [0, 0.1) is 0 Å². The zero-order chi connectivity index (χ0) is 18.7. The van der Waals surface area contributed by atoms with Gasteiger partial charge in [-0.25, -0.2) is 0 Å². The van der Waals surface area contributed by atoms with Crippen molar-refractivity contribution >= 4 is 44.2 Å². The summed E-state index contributed by atoms with van der Waals surface area (Å²) in [5, 5.41) is 13.3. The highest BCUT2D eigenvalue weighted by molar-refractivity contribution is 9.10. The number of benzene rings is 2. The van der Waals surface area contributed by atoms with E-state index in [0.29, 0.717) is 12.1 Å². The third kappa shape index (κ3) is 3.96. The van der Waals surface area contributed by atoms with Gasteiger partial charge in [0.15, 0.2) is 0 Å². The summed E-state index contributed by atoms with van der Waals surface area (Å²) in [6.07, 6.45) is 2.16. The standard InChI is InChI=1S/C20H20BrN3O2/c1-12(13-5-3-2-4-6-13)24-20-15-9-14(7-8-19(25)26)16(21)10-18(15)23-11-17(20)22/h2-6,9-12H,7-8,22H2,1H3,(H,23,24)(H,25,26). The number of fused-ring (bicyclic) bond motifs is 1. The Kier molecular flexibility index (Phi) is 5.42. The topological polar surface area (TPSA) is 88.2 Å². The minimum Gasteiger partial charge on any atom is -0.481 e. The van der Waals surface area contributed by atoms with Gasteiger partial charge in [-0.15, -0.1) is 0 Å². The van der Waals surface area contributed by atoms with E-state index in [4.69, 9.17) is 10.8 Å². The number of pyridine rings is 1. The fourth-order valence-corrected chi connectivity index (χ4v) is 3.44. The summed E-state index contributed by atoms with van der Waals surface area (Å²) in [5.41, 5.74) is 10.4. The maximum Gasteiger partial charge on any atom is 0.303 e. The zero-order valence-corrected chi connectivity index (χ0v) is 16.0. The smallest absolute Gasteiger partial charge is 0.303 e. The van der Waals surface area contributed by atoms with Crippen LogP contribution in [0.4, 0.5) is 11.4 Å². The predicted molar refractivity (Wildman–Crippen MR) is 108 cm³/mol. The summed E-state index contributed by atoms with van der Waals surface area (Å²) in [6.45, 7) is 2.07. The van der Waals surface area contributed by atoms with E-state index in [9.17, 15) is 4.79 Å². The Bertz CT molecular complexity index is 945. The lowest BCUT2D eigenvalue weighted by Gasteiger charge is -2.19. The van der Waals surface area contributed by atoms with Crippen LogP contribution < -0.4 is 11.1 Å². The number of hydrogen-bond acceptors (Lipinski definition) is 4. The van der Waals surface area contributed by atoms with Gasteiger partial charge in [-0.2, -0.15) is 0 Å². The van der Waals surface area contributed by atoms with Gasteiger partial charge in [0, 0.05) is 22.3 Å². The number of aryl methyl sites for hydroxylation is 1. The molecule has 6 heteroatoms. The van der Waals surface area contributed by atoms with Gasteiger partial charge >= 0.3 is 5.97 Å². The van der Waals surface area contributed by atoms with Gasteiger partial charge in [0.05, 0.1) is 23.1 Å². The number of nitrogen functional groups attached to an aromatic ring is 1. The molecule has 1 aromatic heterocycles. The van der Waals surface area contributed by atoms with Crippen molar-refractivity contribution in [1.29, 1.82) is 0 Å². The number of carboxylic acid groups (broad SMARTS) is 1. The Hall–Kier alpha value is -2.60. The SMILES string of the molecule is CC(Nc1c(N)cnc2cc(Br)c(CCC(=O)O)cc12)c1ccccc1. The van der Waals surface area contributed by atoms with Crippen molar-refractivity contribution in [2.75, 3.05) is 11.1 Å². The van der Waals surface area contributed by atoms with Crippen LogP contribution in [0.3, 0.4) is 0 Å². The molecule has 5 nitrogen and oxygen atoms in total. The number of carbonyl (C=O) groups is 1. The fraction of sp³-hybridized carbons (Fsp3) is 0.200. The van der Waals surface area contributed by atoms with Crippen molar-refractivity contribution in [2.45, 2.75) is 25.8 Å². The number of nitrogens with one attached hydrogen (secondary N) is 1. The van der Waals surface area contributed by atoms with Crippen molar-refractivity contribution < 1.29 is 9.90 Å². The van der Waals surface area contributed by atoms with Gasteiger partial charge in [-0.1, -0.05) is 46.3 Å². The third-order valence-corrected chi connectivity index (χ3v) is 5.07. The number of anilines is 2. The summed E-state index contributed by atoms with van der Waals surface area (Å²) in [6, 6.07) is 14.0. The van der Waals surface area contributed by atoms with Crippen molar-refractivity contribution in [2.24, 2.45) is 0 Å². The maximum atomic E-state index is 10.9. The van der Waals surface area contributed by atoms with Crippen LogP contribution in [0.25, 0.3) is 10.9 Å². The van der Waals surface area contributed by atoms with E-state index in [1.54, 1.807) is 6.20 Å². The molecule has 0 saturated carbocycles. The Morgan fingerprint density at radius 1 is 1.31 bits per heavy atom. The third-order valence-electron chi connectivity index (χ3n) is 4.33. The van der Waals surface area contributed by atoms with Crippen LogP contribution in [-0.2, 0) is 11.2 Å². The number of halogens is 1. The normalized spacial score (nSPS) is 12.1. The van der Waals surface area contributed by atoms with Crippen molar-refractivity contribution in [3.63, 3.8) is 0 Å². The molecule has 26 heavy (non-hydrogen) atoms. The van der Waals surface area contributed by atoms with Crippen LogP contribution in [0.5, 0.6) is 0 Å². The second-order valence-electron chi connectivity index (χ2n) is 6.22. The molecule has 0 fully saturated rings. The van der Waals surface area contributed by atoms with Crippen LogP contribution in [0.1, 0.15) is 30.5 Å². The molecule has 0 aliphatic heterocycles. The number of rotatable bonds is 6.